The van der Waals surface area contributed by atoms with Gasteiger partial charge in [0.1, 0.15) is 0 Å². The van der Waals surface area contributed by atoms with E-state index in [-0.39, 0.29) is 6.10 Å². The fraction of sp³-hybridized carbons (Fsp3) is 0.562. The van der Waals surface area contributed by atoms with Gasteiger partial charge in [0.15, 0.2) is 0 Å². The number of fused-ring (bicyclic) bond motifs is 1. The fourth-order valence-corrected chi connectivity index (χ4v) is 2.83. The van der Waals surface area contributed by atoms with Gasteiger partial charge in [-0.2, -0.15) is 0 Å². The van der Waals surface area contributed by atoms with Gasteiger partial charge in [0.05, 0.1) is 43.2 Å². The second kappa shape index (κ2) is 6.13. The quantitative estimate of drug-likeness (QED) is 0.923. The first-order valence-electron chi connectivity index (χ1n) is 7.54. The molecule has 2 aromatic rings. The van der Waals surface area contributed by atoms with Gasteiger partial charge in [-0.3, -0.25) is 4.90 Å². The number of morpholine rings is 1. The van der Waals surface area contributed by atoms with E-state index < -0.39 is 0 Å². The van der Waals surface area contributed by atoms with Crippen LogP contribution in [-0.4, -0.2) is 58.5 Å². The number of β-amino-alcohol motifs (C(OH)–C–C–N with tert-alkyl or cyclic N) is 1. The van der Waals surface area contributed by atoms with E-state index >= 15 is 0 Å². The van der Waals surface area contributed by atoms with Gasteiger partial charge in [0.25, 0.3) is 0 Å². The van der Waals surface area contributed by atoms with E-state index in [0.717, 1.165) is 37.3 Å². The van der Waals surface area contributed by atoms with Crippen LogP contribution in [0.25, 0.3) is 11.0 Å². The van der Waals surface area contributed by atoms with Gasteiger partial charge >= 0.3 is 0 Å². The number of aliphatic hydroxyl groups is 1. The molecule has 114 valence electrons. The number of imidazole rings is 1. The summed E-state index contributed by atoms with van der Waals surface area (Å²) in [5, 5.41) is 10.3. The highest BCUT2D eigenvalue weighted by Crippen LogP contribution is 2.18. The third-order valence-corrected chi connectivity index (χ3v) is 4.22. The van der Waals surface area contributed by atoms with E-state index in [4.69, 9.17) is 4.74 Å². The Kier molecular flexibility index (Phi) is 4.24. The van der Waals surface area contributed by atoms with E-state index in [2.05, 4.69) is 35.9 Å². The zero-order valence-electron chi connectivity index (χ0n) is 12.7. The van der Waals surface area contributed by atoms with Crippen LogP contribution in [0.5, 0.6) is 0 Å². The van der Waals surface area contributed by atoms with Gasteiger partial charge in [-0.1, -0.05) is 0 Å². The molecule has 0 bridgehead atoms. The molecule has 1 N–H and O–H groups in total. The Morgan fingerprint density at radius 3 is 2.67 bits per heavy atom. The molecule has 1 aliphatic rings. The van der Waals surface area contributed by atoms with Crippen molar-refractivity contribution < 1.29 is 9.84 Å². The number of aromatic nitrogens is 2. The molecule has 1 aromatic heterocycles. The van der Waals surface area contributed by atoms with Crippen LogP contribution in [0.15, 0.2) is 18.5 Å². The Labute approximate surface area is 125 Å². The van der Waals surface area contributed by atoms with Crippen LogP contribution < -0.4 is 0 Å². The number of hydrogen-bond acceptors (Lipinski definition) is 4. The second-order valence-electron chi connectivity index (χ2n) is 5.89. The lowest BCUT2D eigenvalue weighted by Gasteiger charge is -2.28. The van der Waals surface area contributed by atoms with Crippen LogP contribution in [-0.2, 0) is 11.3 Å². The molecule has 0 amide bonds. The van der Waals surface area contributed by atoms with Gasteiger partial charge in [-0.15, -0.1) is 0 Å². The van der Waals surface area contributed by atoms with Gasteiger partial charge in [0.2, 0.25) is 0 Å². The number of hydrogen-bond donors (Lipinski definition) is 1. The maximum Gasteiger partial charge on any atom is 0.0959 e. The monoisotopic (exact) mass is 289 g/mol. The molecule has 21 heavy (non-hydrogen) atoms. The van der Waals surface area contributed by atoms with Crippen molar-refractivity contribution in [1.82, 2.24) is 14.5 Å². The Hall–Kier alpha value is -1.43. The molecule has 1 saturated heterocycles. The average molecular weight is 289 g/mol. The molecule has 0 aliphatic carbocycles. The highest BCUT2D eigenvalue weighted by molar-refractivity contribution is 5.77. The lowest BCUT2D eigenvalue weighted by molar-refractivity contribution is 0.0117. The number of benzene rings is 1. The minimum absolute atomic E-state index is 0.387. The second-order valence-corrected chi connectivity index (χ2v) is 5.89. The van der Waals surface area contributed by atoms with Gasteiger partial charge in [-0.25, -0.2) is 4.98 Å². The minimum atomic E-state index is -0.387. The van der Waals surface area contributed by atoms with Crippen molar-refractivity contribution in [3.63, 3.8) is 0 Å². The third kappa shape index (κ3) is 3.26. The largest absolute Gasteiger partial charge is 0.390 e. The van der Waals surface area contributed by atoms with Gasteiger partial charge < -0.3 is 14.4 Å². The Morgan fingerprint density at radius 2 is 1.90 bits per heavy atom. The molecule has 0 radical (unpaired) electrons. The zero-order valence-corrected chi connectivity index (χ0v) is 12.7. The fourth-order valence-electron chi connectivity index (χ4n) is 2.83. The summed E-state index contributed by atoms with van der Waals surface area (Å²) < 4.78 is 7.38. The molecule has 1 aliphatic heterocycles. The summed E-state index contributed by atoms with van der Waals surface area (Å²) in [5.74, 6) is 0. The predicted molar refractivity (Wildman–Crippen MR) is 82.5 cm³/mol. The third-order valence-electron chi connectivity index (χ3n) is 4.22. The molecule has 1 fully saturated rings. The van der Waals surface area contributed by atoms with Crippen LogP contribution in [0, 0.1) is 13.8 Å². The number of aliphatic hydroxyl groups excluding tert-OH is 1. The SMILES string of the molecule is Cc1cc2ncn(C[C@H](O)CN3CCOCC3)c2cc1C. The smallest absolute Gasteiger partial charge is 0.0959 e. The van der Waals surface area contributed by atoms with Gasteiger partial charge in [-0.05, 0) is 37.1 Å². The van der Waals surface area contributed by atoms with Crippen LogP contribution in [0.3, 0.4) is 0 Å². The van der Waals surface area contributed by atoms with Gasteiger partial charge in [0, 0.05) is 19.6 Å². The van der Waals surface area contributed by atoms with Crippen molar-refractivity contribution in [3.05, 3.63) is 29.6 Å². The minimum Gasteiger partial charge on any atom is -0.390 e. The van der Waals surface area contributed by atoms with E-state index in [1.165, 1.54) is 11.1 Å². The summed E-state index contributed by atoms with van der Waals surface area (Å²) in [4.78, 5) is 6.69. The summed E-state index contributed by atoms with van der Waals surface area (Å²) in [7, 11) is 0. The Balaban J connectivity index is 1.70. The molecule has 0 spiro atoms. The van der Waals surface area contributed by atoms with E-state index in [0.29, 0.717) is 13.1 Å². The molecule has 5 nitrogen and oxygen atoms in total. The lowest BCUT2D eigenvalue weighted by atomic mass is 10.1. The molecule has 1 atom stereocenters. The van der Waals surface area contributed by atoms with Crippen LogP contribution >= 0.6 is 0 Å². The summed E-state index contributed by atoms with van der Waals surface area (Å²) in [6.45, 7) is 8.81. The molecule has 1 aromatic carbocycles. The van der Waals surface area contributed by atoms with Crippen molar-refractivity contribution in [1.29, 1.82) is 0 Å². The first-order chi connectivity index (χ1) is 10.1. The molecule has 2 heterocycles. The Bertz CT molecular complexity index is 617. The van der Waals surface area contributed by atoms with Crippen molar-refractivity contribution in [2.75, 3.05) is 32.8 Å². The maximum atomic E-state index is 10.3. The highest BCUT2D eigenvalue weighted by Gasteiger charge is 2.16. The zero-order chi connectivity index (χ0) is 14.8. The standard InChI is InChI=1S/C16H23N3O2/c1-12-7-15-16(8-13(12)2)19(11-17-15)10-14(20)9-18-3-5-21-6-4-18/h7-8,11,14,20H,3-6,9-10H2,1-2H3/t14-/m1/s1. The van der Waals surface area contributed by atoms with Crippen molar-refractivity contribution in [3.8, 4) is 0 Å². The van der Waals surface area contributed by atoms with Crippen molar-refractivity contribution >= 4 is 11.0 Å². The Morgan fingerprint density at radius 1 is 1.19 bits per heavy atom. The van der Waals surface area contributed by atoms with E-state index in [1.807, 2.05) is 10.9 Å². The van der Waals surface area contributed by atoms with Crippen LogP contribution in [0.2, 0.25) is 0 Å². The summed E-state index contributed by atoms with van der Waals surface area (Å²) in [6, 6.07) is 4.26. The highest BCUT2D eigenvalue weighted by atomic mass is 16.5. The normalized spacial score (nSPS) is 18.2. The first kappa shape index (κ1) is 14.5. The molecule has 0 saturated carbocycles. The van der Waals surface area contributed by atoms with Crippen molar-refractivity contribution in [2.24, 2.45) is 0 Å². The maximum absolute atomic E-state index is 10.3. The average Bonchev–Trinajstić information content (AvgIpc) is 2.83. The predicted octanol–water partition coefficient (Wildman–Crippen LogP) is 1.35. The van der Waals surface area contributed by atoms with Crippen LogP contribution in [0.4, 0.5) is 0 Å². The summed E-state index contributed by atoms with van der Waals surface area (Å²) in [5.41, 5.74) is 4.60. The lowest BCUT2D eigenvalue weighted by Crippen LogP contribution is -2.41. The molecular formula is C16H23N3O2. The molecule has 3 rings (SSSR count). The van der Waals surface area contributed by atoms with E-state index in [1.54, 1.807) is 0 Å². The number of aryl methyl sites for hydroxylation is 2. The summed E-state index contributed by atoms with van der Waals surface area (Å²) in [6.07, 6.45) is 1.44. The summed E-state index contributed by atoms with van der Waals surface area (Å²) >= 11 is 0. The number of nitrogens with zero attached hydrogens (tertiary/aromatic N) is 3. The van der Waals surface area contributed by atoms with E-state index in [9.17, 15) is 5.11 Å². The number of ether oxygens (including phenoxy) is 1. The van der Waals surface area contributed by atoms with Crippen LogP contribution in [0.1, 0.15) is 11.1 Å². The topological polar surface area (TPSA) is 50.5 Å². The molecular weight excluding hydrogens is 266 g/mol. The van der Waals surface area contributed by atoms with Crippen molar-refractivity contribution in [2.45, 2.75) is 26.5 Å². The molecule has 0 unspecified atom stereocenters. The molecule has 5 heteroatoms. The first-order valence-corrected chi connectivity index (χ1v) is 7.54. The number of rotatable bonds is 4.